The van der Waals surface area contributed by atoms with Gasteiger partial charge in [-0.2, -0.15) is 0 Å². The van der Waals surface area contributed by atoms with E-state index in [0.717, 1.165) is 5.56 Å². The standard InChI is InChI=1S/C18H18N2O6/c1-11-4-5-14-13(7-11)20(18(24)15(26-14)8-17(22)23)10-16(21)19-9-12-3-2-6-25-12/h2-7,15H,8-10H2,1H3,(H,19,21)(H,22,23). The summed E-state index contributed by atoms with van der Waals surface area (Å²) in [6.45, 7) is 1.81. The zero-order valence-corrected chi connectivity index (χ0v) is 14.1. The SMILES string of the molecule is Cc1ccc2c(c1)N(CC(=O)NCc1ccco1)C(=O)C(CC(=O)O)O2. The molecule has 0 bridgehead atoms. The van der Waals surface area contributed by atoms with E-state index in [4.69, 9.17) is 14.3 Å². The number of nitrogens with zero attached hydrogens (tertiary/aromatic N) is 1. The summed E-state index contributed by atoms with van der Waals surface area (Å²) in [6.07, 6.45) is -0.139. The molecule has 2 N–H and O–H groups in total. The Kier molecular flexibility index (Phi) is 4.92. The van der Waals surface area contributed by atoms with Crippen molar-refractivity contribution in [1.29, 1.82) is 0 Å². The molecule has 1 unspecified atom stereocenters. The summed E-state index contributed by atoms with van der Waals surface area (Å²) in [6, 6.07) is 8.62. The second-order valence-electron chi connectivity index (χ2n) is 5.96. The van der Waals surface area contributed by atoms with Gasteiger partial charge in [0.2, 0.25) is 5.91 Å². The lowest BCUT2D eigenvalue weighted by atomic mass is 10.1. The van der Waals surface area contributed by atoms with Crippen molar-refractivity contribution in [1.82, 2.24) is 5.32 Å². The zero-order chi connectivity index (χ0) is 18.7. The summed E-state index contributed by atoms with van der Waals surface area (Å²) in [5.74, 6) is -1.13. The van der Waals surface area contributed by atoms with Gasteiger partial charge >= 0.3 is 5.97 Å². The van der Waals surface area contributed by atoms with E-state index in [1.54, 1.807) is 30.3 Å². The molecule has 3 rings (SSSR count). The fourth-order valence-electron chi connectivity index (χ4n) is 2.68. The Labute approximate surface area is 149 Å². The van der Waals surface area contributed by atoms with Crippen LogP contribution < -0.4 is 15.0 Å². The average molecular weight is 358 g/mol. The number of carboxylic acid groups (broad SMARTS) is 1. The quantitative estimate of drug-likeness (QED) is 0.809. The number of fused-ring (bicyclic) bond motifs is 1. The van der Waals surface area contributed by atoms with E-state index >= 15 is 0 Å². The van der Waals surface area contributed by atoms with Crippen LogP contribution in [0.15, 0.2) is 41.0 Å². The molecule has 136 valence electrons. The van der Waals surface area contributed by atoms with Crippen molar-refractivity contribution in [3.63, 3.8) is 0 Å². The molecule has 1 aromatic carbocycles. The van der Waals surface area contributed by atoms with Crippen LogP contribution in [0, 0.1) is 6.92 Å². The lowest BCUT2D eigenvalue weighted by Gasteiger charge is -2.33. The minimum absolute atomic E-state index is 0.198. The number of anilines is 1. The number of furan rings is 1. The third kappa shape index (κ3) is 3.85. The van der Waals surface area contributed by atoms with Crippen LogP contribution in [0.3, 0.4) is 0 Å². The van der Waals surface area contributed by atoms with E-state index in [-0.39, 0.29) is 13.1 Å². The van der Waals surface area contributed by atoms with Crippen molar-refractivity contribution < 1.29 is 28.6 Å². The molecule has 0 saturated heterocycles. The molecule has 8 heteroatoms. The van der Waals surface area contributed by atoms with Gasteiger partial charge in [-0.3, -0.25) is 19.3 Å². The predicted octanol–water partition coefficient (Wildman–Crippen LogP) is 1.47. The number of hydrogen-bond donors (Lipinski definition) is 2. The highest BCUT2D eigenvalue weighted by Gasteiger charge is 2.36. The Morgan fingerprint density at radius 2 is 2.12 bits per heavy atom. The molecule has 1 aliphatic rings. The van der Waals surface area contributed by atoms with E-state index in [0.29, 0.717) is 17.2 Å². The Balaban J connectivity index is 1.78. The fourth-order valence-corrected chi connectivity index (χ4v) is 2.68. The van der Waals surface area contributed by atoms with Crippen molar-refractivity contribution in [2.24, 2.45) is 0 Å². The molecule has 2 amide bonds. The molecule has 0 radical (unpaired) electrons. The van der Waals surface area contributed by atoms with Gasteiger partial charge in [-0.15, -0.1) is 0 Å². The normalized spacial score (nSPS) is 16.0. The van der Waals surface area contributed by atoms with Crippen LogP contribution in [-0.2, 0) is 20.9 Å². The molecule has 0 spiro atoms. The summed E-state index contributed by atoms with van der Waals surface area (Å²) in [5.41, 5.74) is 1.34. The van der Waals surface area contributed by atoms with Gasteiger partial charge in [0.15, 0.2) is 6.10 Å². The highest BCUT2D eigenvalue weighted by molar-refractivity contribution is 6.05. The Morgan fingerprint density at radius 3 is 2.81 bits per heavy atom. The third-order valence-electron chi connectivity index (χ3n) is 3.92. The molecule has 1 atom stereocenters. The number of rotatable bonds is 6. The number of ether oxygens (including phenoxy) is 1. The Hall–Kier alpha value is -3.29. The van der Waals surface area contributed by atoms with Crippen molar-refractivity contribution in [3.8, 4) is 5.75 Å². The van der Waals surface area contributed by atoms with Gasteiger partial charge in [0.1, 0.15) is 18.1 Å². The van der Waals surface area contributed by atoms with E-state index in [9.17, 15) is 14.4 Å². The third-order valence-corrected chi connectivity index (χ3v) is 3.92. The molecule has 26 heavy (non-hydrogen) atoms. The van der Waals surface area contributed by atoms with Crippen LogP contribution in [0.25, 0.3) is 0 Å². The monoisotopic (exact) mass is 358 g/mol. The molecule has 2 heterocycles. The van der Waals surface area contributed by atoms with Crippen molar-refractivity contribution in [2.45, 2.75) is 26.0 Å². The number of benzene rings is 1. The molecule has 0 saturated carbocycles. The maximum atomic E-state index is 12.6. The molecular formula is C18H18N2O6. The first-order valence-electron chi connectivity index (χ1n) is 8.03. The second kappa shape index (κ2) is 7.30. The van der Waals surface area contributed by atoms with Crippen LogP contribution >= 0.6 is 0 Å². The summed E-state index contributed by atoms with van der Waals surface area (Å²) in [7, 11) is 0. The molecule has 1 aromatic heterocycles. The molecule has 8 nitrogen and oxygen atoms in total. The van der Waals surface area contributed by atoms with Crippen LogP contribution in [0.1, 0.15) is 17.7 Å². The lowest BCUT2D eigenvalue weighted by Crippen LogP contribution is -2.50. The molecule has 1 aliphatic heterocycles. The Morgan fingerprint density at radius 1 is 1.31 bits per heavy atom. The minimum Gasteiger partial charge on any atom is -0.481 e. The largest absolute Gasteiger partial charge is 0.481 e. The first kappa shape index (κ1) is 17.5. The number of nitrogens with one attached hydrogen (secondary N) is 1. The second-order valence-corrected chi connectivity index (χ2v) is 5.96. The van der Waals surface area contributed by atoms with Gasteiger partial charge in [0, 0.05) is 0 Å². The van der Waals surface area contributed by atoms with Gasteiger partial charge < -0.3 is 19.6 Å². The minimum atomic E-state index is -1.17. The highest BCUT2D eigenvalue weighted by atomic mass is 16.5. The van der Waals surface area contributed by atoms with Crippen molar-refractivity contribution in [3.05, 3.63) is 47.9 Å². The summed E-state index contributed by atoms with van der Waals surface area (Å²) in [5, 5.41) is 11.7. The molecule has 2 aromatic rings. The van der Waals surface area contributed by atoms with Crippen LogP contribution in [0.5, 0.6) is 5.75 Å². The maximum Gasteiger partial charge on any atom is 0.307 e. The van der Waals surface area contributed by atoms with Crippen LogP contribution in [0.4, 0.5) is 5.69 Å². The maximum absolute atomic E-state index is 12.6. The number of carbonyl (C=O) groups is 3. The van der Waals surface area contributed by atoms with Gasteiger partial charge in [0.25, 0.3) is 5.91 Å². The number of aryl methyl sites for hydroxylation is 1. The number of carboxylic acids is 1. The van der Waals surface area contributed by atoms with E-state index in [2.05, 4.69) is 5.32 Å². The zero-order valence-electron chi connectivity index (χ0n) is 14.1. The average Bonchev–Trinajstić information content (AvgIpc) is 3.10. The van der Waals surface area contributed by atoms with Gasteiger partial charge in [-0.1, -0.05) is 6.07 Å². The topological polar surface area (TPSA) is 109 Å². The van der Waals surface area contributed by atoms with Crippen molar-refractivity contribution >= 4 is 23.5 Å². The smallest absolute Gasteiger partial charge is 0.307 e. The fraction of sp³-hybridized carbons (Fsp3) is 0.278. The highest BCUT2D eigenvalue weighted by Crippen LogP contribution is 2.35. The lowest BCUT2D eigenvalue weighted by molar-refractivity contribution is -0.142. The van der Waals surface area contributed by atoms with Gasteiger partial charge in [-0.05, 0) is 36.8 Å². The van der Waals surface area contributed by atoms with Crippen molar-refractivity contribution in [2.75, 3.05) is 11.4 Å². The number of aliphatic carboxylic acids is 1. The first-order chi connectivity index (χ1) is 12.4. The van der Waals surface area contributed by atoms with Crippen LogP contribution in [-0.4, -0.2) is 35.5 Å². The van der Waals surface area contributed by atoms with E-state index in [1.165, 1.54) is 11.2 Å². The molecule has 0 fully saturated rings. The van der Waals surface area contributed by atoms with Gasteiger partial charge in [-0.25, -0.2) is 0 Å². The van der Waals surface area contributed by atoms with Gasteiger partial charge in [0.05, 0.1) is 24.9 Å². The predicted molar refractivity (Wildman–Crippen MR) is 90.8 cm³/mol. The van der Waals surface area contributed by atoms with E-state index in [1.807, 2.05) is 6.92 Å². The summed E-state index contributed by atoms with van der Waals surface area (Å²) >= 11 is 0. The first-order valence-corrected chi connectivity index (χ1v) is 8.03. The number of carbonyl (C=O) groups excluding carboxylic acids is 2. The van der Waals surface area contributed by atoms with Crippen LogP contribution in [0.2, 0.25) is 0 Å². The van der Waals surface area contributed by atoms with E-state index < -0.39 is 30.3 Å². The summed E-state index contributed by atoms with van der Waals surface area (Å²) in [4.78, 5) is 37.2. The molecule has 0 aliphatic carbocycles. The number of amides is 2. The Bertz CT molecular complexity index is 830. The summed E-state index contributed by atoms with van der Waals surface area (Å²) < 4.78 is 10.7. The molecular weight excluding hydrogens is 340 g/mol. The number of hydrogen-bond acceptors (Lipinski definition) is 5.